The van der Waals surface area contributed by atoms with Crippen LogP contribution in [0.5, 0.6) is 0 Å². The summed E-state index contributed by atoms with van der Waals surface area (Å²) in [6, 6.07) is 3.65. The standard InChI is InChI=1S/C10H15N3O2/c1-15-9-6-13(5-8(9)14)10-3-2-7(11)4-12-10/h2-4,8-9,14H,5-6,11H2,1H3/t8-,9-/m1/s1. The predicted octanol–water partition coefficient (Wildman–Crippen LogP) is -0.140. The topological polar surface area (TPSA) is 71.6 Å². The third-order valence-corrected chi connectivity index (χ3v) is 2.63. The third-order valence-electron chi connectivity index (χ3n) is 2.63. The van der Waals surface area contributed by atoms with Gasteiger partial charge in [-0.05, 0) is 12.1 Å². The molecule has 82 valence electrons. The lowest BCUT2D eigenvalue weighted by Crippen LogP contribution is -2.25. The van der Waals surface area contributed by atoms with Crippen molar-refractivity contribution in [2.24, 2.45) is 0 Å². The second-order valence-corrected chi connectivity index (χ2v) is 3.70. The van der Waals surface area contributed by atoms with Crippen LogP contribution < -0.4 is 10.6 Å². The lowest BCUT2D eigenvalue weighted by Gasteiger charge is -2.16. The van der Waals surface area contributed by atoms with Crippen molar-refractivity contribution in [2.45, 2.75) is 12.2 Å². The maximum atomic E-state index is 9.66. The van der Waals surface area contributed by atoms with E-state index in [0.717, 1.165) is 5.82 Å². The molecule has 2 rings (SSSR count). The first-order chi connectivity index (χ1) is 7.20. The number of β-amino-alcohol motifs (C(OH)–C–C–N with tert-alkyl or cyclic N) is 1. The number of ether oxygens (including phenoxy) is 1. The highest BCUT2D eigenvalue weighted by Gasteiger charge is 2.31. The number of nitrogens with zero attached hydrogens (tertiary/aromatic N) is 2. The van der Waals surface area contributed by atoms with Crippen molar-refractivity contribution < 1.29 is 9.84 Å². The van der Waals surface area contributed by atoms with Crippen molar-refractivity contribution in [2.75, 3.05) is 30.8 Å². The number of rotatable bonds is 2. The summed E-state index contributed by atoms with van der Waals surface area (Å²) in [5.41, 5.74) is 6.19. The minimum Gasteiger partial charge on any atom is -0.397 e. The Morgan fingerprint density at radius 2 is 2.33 bits per heavy atom. The van der Waals surface area contributed by atoms with Crippen LogP contribution in [0, 0.1) is 0 Å². The number of pyridine rings is 1. The monoisotopic (exact) mass is 209 g/mol. The molecule has 3 N–H and O–H groups in total. The number of aliphatic hydroxyl groups excluding tert-OH is 1. The molecule has 0 unspecified atom stereocenters. The Hall–Kier alpha value is -1.33. The largest absolute Gasteiger partial charge is 0.397 e. The van der Waals surface area contributed by atoms with E-state index in [4.69, 9.17) is 10.5 Å². The van der Waals surface area contributed by atoms with E-state index in [1.165, 1.54) is 0 Å². The van der Waals surface area contributed by atoms with Gasteiger partial charge in [-0.1, -0.05) is 0 Å². The van der Waals surface area contributed by atoms with Gasteiger partial charge in [-0.15, -0.1) is 0 Å². The van der Waals surface area contributed by atoms with Gasteiger partial charge in [0.05, 0.1) is 18.0 Å². The van der Waals surface area contributed by atoms with Gasteiger partial charge in [-0.25, -0.2) is 4.98 Å². The molecule has 0 spiro atoms. The van der Waals surface area contributed by atoms with Crippen molar-refractivity contribution in [1.29, 1.82) is 0 Å². The maximum absolute atomic E-state index is 9.66. The van der Waals surface area contributed by atoms with Gasteiger partial charge < -0.3 is 20.5 Å². The van der Waals surface area contributed by atoms with Crippen LogP contribution in [-0.4, -0.2) is 42.5 Å². The molecular weight excluding hydrogens is 194 g/mol. The van der Waals surface area contributed by atoms with E-state index in [1.807, 2.05) is 11.0 Å². The Labute approximate surface area is 88.5 Å². The Morgan fingerprint density at radius 3 is 2.87 bits per heavy atom. The number of hydrogen-bond acceptors (Lipinski definition) is 5. The van der Waals surface area contributed by atoms with Crippen molar-refractivity contribution in [3.8, 4) is 0 Å². The zero-order chi connectivity index (χ0) is 10.8. The lowest BCUT2D eigenvalue weighted by atomic mass is 10.3. The molecule has 1 fully saturated rings. The first-order valence-corrected chi connectivity index (χ1v) is 4.88. The maximum Gasteiger partial charge on any atom is 0.128 e. The first-order valence-electron chi connectivity index (χ1n) is 4.88. The van der Waals surface area contributed by atoms with Crippen LogP contribution in [0.1, 0.15) is 0 Å². The number of nitrogen functional groups attached to an aromatic ring is 1. The Morgan fingerprint density at radius 1 is 1.53 bits per heavy atom. The lowest BCUT2D eigenvalue weighted by molar-refractivity contribution is 0.0217. The summed E-state index contributed by atoms with van der Waals surface area (Å²) in [5.74, 6) is 0.822. The van der Waals surface area contributed by atoms with Gasteiger partial charge in [0.2, 0.25) is 0 Å². The zero-order valence-corrected chi connectivity index (χ0v) is 8.63. The fourth-order valence-corrected chi connectivity index (χ4v) is 1.76. The van der Waals surface area contributed by atoms with Crippen LogP contribution in [-0.2, 0) is 4.74 Å². The molecule has 0 aliphatic carbocycles. The average Bonchev–Trinajstić information content (AvgIpc) is 2.61. The summed E-state index contributed by atoms with van der Waals surface area (Å²) in [5, 5.41) is 9.66. The minimum absolute atomic E-state index is 0.135. The second-order valence-electron chi connectivity index (χ2n) is 3.70. The molecular formula is C10H15N3O2. The molecule has 15 heavy (non-hydrogen) atoms. The van der Waals surface area contributed by atoms with Crippen molar-refractivity contribution in [3.05, 3.63) is 18.3 Å². The van der Waals surface area contributed by atoms with Gasteiger partial charge in [0, 0.05) is 20.2 Å². The highest BCUT2D eigenvalue weighted by Crippen LogP contribution is 2.20. The number of nitrogens with two attached hydrogens (primary N) is 1. The third kappa shape index (κ3) is 2.03. The van der Waals surface area contributed by atoms with E-state index in [9.17, 15) is 5.11 Å². The molecule has 0 bridgehead atoms. The number of anilines is 2. The summed E-state index contributed by atoms with van der Waals surface area (Å²) in [6.07, 6.45) is 1.03. The Kier molecular flexibility index (Phi) is 2.75. The van der Waals surface area contributed by atoms with Crippen LogP contribution >= 0.6 is 0 Å². The van der Waals surface area contributed by atoms with E-state index in [2.05, 4.69) is 4.98 Å². The van der Waals surface area contributed by atoms with Gasteiger partial charge in [0.15, 0.2) is 0 Å². The molecule has 1 aliphatic heterocycles. The molecule has 2 heterocycles. The molecule has 5 heteroatoms. The van der Waals surface area contributed by atoms with Gasteiger partial charge in [0.25, 0.3) is 0 Å². The van der Waals surface area contributed by atoms with Crippen LogP contribution in [0.15, 0.2) is 18.3 Å². The van der Waals surface area contributed by atoms with Crippen LogP contribution in [0.2, 0.25) is 0 Å². The van der Waals surface area contributed by atoms with E-state index in [-0.39, 0.29) is 6.10 Å². The zero-order valence-electron chi connectivity index (χ0n) is 8.63. The summed E-state index contributed by atoms with van der Waals surface area (Å²) in [6.45, 7) is 1.21. The van der Waals surface area contributed by atoms with Crippen LogP contribution in [0.25, 0.3) is 0 Å². The molecule has 1 aliphatic rings. The summed E-state index contributed by atoms with van der Waals surface area (Å²) < 4.78 is 5.15. The average molecular weight is 209 g/mol. The SMILES string of the molecule is CO[C@@H]1CN(c2ccc(N)cn2)C[C@H]1O. The van der Waals surface area contributed by atoms with E-state index >= 15 is 0 Å². The molecule has 1 aromatic rings. The second kappa shape index (κ2) is 4.04. The fraction of sp³-hybridized carbons (Fsp3) is 0.500. The quantitative estimate of drug-likeness (QED) is 0.709. The number of aliphatic hydroxyl groups is 1. The summed E-state index contributed by atoms with van der Waals surface area (Å²) in [4.78, 5) is 6.18. The molecule has 0 radical (unpaired) electrons. The summed E-state index contributed by atoms with van der Waals surface area (Å²) >= 11 is 0. The number of methoxy groups -OCH3 is 1. The van der Waals surface area contributed by atoms with Crippen molar-refractivity contribution in [3.63, 3.8) is 0 Å². The van der Waals surface area contributed by atoms with Crippen molar-refractivity contribution in [1.82, 2.24) is 4.98 Å². The number of aromatic nitrogens is 1. The predicted molar refractivity (Wildman–Crippen MR) is 57.7 cm³/mol. The highest BCUT2D eigenvalue weighted by molar-refractivity contribution is 5.46. The molecule has 2 atom stereocenters. The van der Waals surface area contributed by atoms with E-state index < -0.39 is 6.10 Å². The van der Waals surface area contributed by atoms with Gasteiger partial charge >= 0.3 is 0 Å². The van der Waals surface area contributed by atoms with Gasteiger partial charge in [0.1, 0.15) is 11.9 Å². The normalized spacial score (nSPS) is 25.9. The highest BCUT2D eigenvalue weighted by atomic mass is 16.5. The van der Waals surface area contributed by atoms with Crippen LogP contribution in [0.3, 0.4) is 0 Å². The molecule has 0 amide bonds. The van der Waals surface area contributed by atoms with Gasteiger partial charge in [-0.3, -0.25) is 0 Å². The molecule has 1 aromatic heterocycles. The Balaban J connectivity index is 2.10. The van der Waals surface area contributed by atoms with E-state index in [0.29, 0.717) is 18.8 Å². The molecule has 0 saturated carbocycles. The molecule has 0 aromatic carbocycles. The first kappa shape index (κ1) is 10.2. The van der Waals surface area contributed by atoms with E-state index in [1.54, 1.807) is 19.4 Å². The summed E-state index contributed by atoms with van der Waals surface area (Å²) in [7, 11) is 1.60. The minimum atomic E-state index is -0.450. The molecule has 5 nitrogen and oxygen atoms in total. The molecule has 1 saturated heterocycles. The smallest absolute Gasteiger partial charge is 0.128 e. The Bertz CT molecular complexity index is 328. The fourth-order valence-electron chi connectivity index (χ4n) is 1.76. The van der Waals surface area contributed by atoms with Crippen LogP contribution in [0.4, 0.5) is 11.5 Å². The van der Waals surface area contributed by atoms with Gasteiger partial charge in [-0.2, -0.15) is 0 Å². The number of hydrogen-bond donors (Lipinski definition) is 2. The van der Waals surface area contributed by atoms with Crippen molar-refractivity contribution >= 4 is 11.5 Å².